The minimum absolute atomic E-state index is 0.0201. The number of nitrogens with one attached hydrogen (secondary N) is 2. The summed E-state index contributed by atoms with van der Waals surface area (Å²) in [6, 6.07) is 12.2. The van der Waals surface area contributed by atoms with Gasteiger partial charge < -0.3 is 25.4 Å². The van der Waals surface area contributed by atoms with Gasteiger partial charge in [-0.25, -0.2) is 4.79 Å². The summed E-state index contributed by atoms with van der Waals surface area (Å²) in [6.07, 6.45) is 0.400. The Bertz CT molecular complexity index is 921. The van der Waals surface area contributed by atoms with E-state index in [4.69, 9.17) is 4.65 Å². The molecule has 0 spiro atoms. The Balaban J connectivity index is 1.55. The normalized spacial score (nSPS) is 15.1. The van der Waals surface area contributed by atoms with Crippen molar-refractivity contribution in [3.8, 4) is 5.75 Å². The fourth-order valence-electron chi connectivity index (χ4n) is 3.29. The van der Waals surface area contributed by atoms with Crippen LogP contribution in [0.4, 0.5) is 0 Å². The number of amides is 1. The Morgan fingerprint density at radius 1 is 1.17 bits per heavy atom. The number of nitroso groups, excluding NO2 is 1. The second-order valence-electron chi connectivity index (χ2n) is 7.01. The van der Waals surface area contributed by atoms with Crippen molar-refractivity contribution in [3.05, 3.63) is 69.6 Å². The number of hydrogen-bond donors (Lipinski definition) is 4. The zero-order chi connectivity index (χ0) is 21.5. The molecule has 1 amide bonds. The van der Waals surface area contributed by atoms with Gasteiger partial charge in [-0.3, -0.25) is 4.79 Å². The molecule has 1 unspecified atom stereocenters. The van der Waals surface area contributed by atoms with Crippen molar-refractivity contribution in [1.29, 1.82) is 0 Å². The van der Waals surface area contributed by atoms with Gasteiger partial charge >= 0.3 is 13.1 Å². The number of carboxylic acids is 1. The van der Waals surface area contributed by atoms with Crippen molar-refractivity contribution in [3.63, 3.8) is 0 Å². The zero-order valence-corrected chi connectivity index (χ0v) is 16.2. The molecule has 2 aromatic rings. The van der Waals surface area contributed by atoms with Crippen LogP contribution in [-0.2, 0) is 24.2 Å². The van der Waals surface area contributed by atoms with E-state index in [0.29, 0.717) is 18.7 Å². The molecule has 10 heteroatoms. The van der Waals surface area contributed by atoms with Gasteiger partial charge in [0.05, 0.1) is 24.5 Å². The van der Waals surface area contributed by atoms with Crippen molar-refractivity contribution in [2.75, 3.05) is 13.1 Å². The monoisotopic (exact) mass is 411 g/mol. The highest BCUT2D eigenvalue weighted by atomic mass is 16.5. The third-order valence-corrected chi connectivity index (χ3v) is 4.79. The lowest BCUT2D eigenvalue weighted by Crippen LogP contribution is -2.53. The van der Waals surface area contributed by atoms with E-state index in [1.54, 1.807) is 12.1 Å². The van der Waals surface area contributed by atoms with E-state index in [1.165, 1.54) is 6.07 Å². The van der Waals surface area contributed by atoms with Gasteiger partial charge in [-0.05, 0) is 29.2 Å². The summed E-state index contributed by atoms with van der Waals surface area (Å²) in [7, 11) is -1.34. The number of carbonyl (C=O) groups excluding carboxylic acids is 1. The first-order chi connectivity index (χ1) is 14.5. The Kier molecular flexibility index (Phi) is 7.15. The predicted octanol–water partition coefficient (Wildman–Crippen LogP) is 0.923. The first-order valence-electron chi connectivity index (χ1n) is 9.55. The topological polar surface area (TPSA) is 137 Å². The average Bonchev–Trinajstić information content (AvgIpc) is 2.72. The smallest absolute Gasteiger partial charge is 0.534 e. The first-order valence-corrected chi connectivity index (χ1v) is 9.55. The molecule has 0 saturated heterocycles. The van der Waals surface area contributed by atoms with E-state index in [2.05, 4.69) is 15.8 Å². The van der Waals surface area contributed by atoms with E-state index in [0.717, 1.165) is 11.1 Å². The Morgan fingerprint density at radius 3 is 2.60 bits per heavy atom. The van der Waals surface area contributed by atoms with Crippen LogP contribution in [0, 0.1) is 4.91 Å². The van der Waals surface area contributed by atoms with Crippen LogP contribution in [0.2, 0.25) is 0 Å². The molecule has 156 valence electrons. The molecule has 3 rings (SSSR count). The number of fused-ring (bicyclic) bond motifs is 1. The zero-order valence-electron chi connectivity index (χ0n) is 16.2. The van der Waals surface area contributed by atoms with Gasteiger partial charge in [0.25, 0.3) is 0 Å². The second-order valence-corrected chi connectivity index (χ2v) is 7.01. The number of benzene rings is 2. The molecule has 0 saturated carbocycles. The van der Waals surface area contributed by atoms with Gasteiger partial charge in [0.2, 0.25) is 5.91 Å². The van der Waals surface area contributed by atoms with E-state index in [9.17, 15) is 24.6 Å². The molecule has 30 heavy (non-hydrogen) atoms. The quantitative estimate of drug-likeness (QED) is 0.274. The lowest BCUT2D eigenvalue weighted by atomic mass is 9.72. The first kappa shape index (κ1) is 21.5. The number of carboxylic acid groups (broad SMARTS) is 1. The van der Waals surface area contributed by atoms with Gasteiger partial charge in [0.1, 0.15) is 5.75 Å². The maximum absolute atomic E-state index is 12.4. The standard InChI is InChI=1S/C20H22BN3O6/c25-18(10-13-4-6-14(7-5-13)12-22-8-9-23-29)24-17-11-15-2-1-3-16(20(26)27)19(15)30-21(17)28/h1-7,17,22,28H,8-12H2,(H,24,25)(H,26,27). The fraction of sp³-hybridized carbons (Fsp3) is 0.300. The molecule has 0 bridgehead atoms. The Hall–Kier alpha value is -3.24. The molecule has 1 aliphatic heterocycles. The Morgan fingerprint density at radius 2 is 1.90 bits per heavy atom. The molecule has 1 aliphatic rings. The maximum Gasteiger partial charge on any atom is 0.547 e. The number of para-hydroxylation sites is 1. The lowest BCUT2D eigenvalue weighted by molar-refractivity contribution is -0.120. The SMILES string of the molecule is O=NCCNCc1ccc(CC(=O)NC2Cc3cccc(C(=O)O)c3OB2O)cc1. The molecule has 4 N–H and O–H groups in total. The average molecular weight is 411 g/mol. The van der Waals surface area contributed by atoms with Crippen LogP contribution in [0.1, 0.15) is 27.0 Å². The summed E-state index contributed by atoms with van der Waals surface area (Å²) < 4.78 is 5.39. The predicted molar refractivity (Wildman–Crippen MR) is 110 cm³/mol. The third-order valence-electron chi connectivity index (χ3n) is 4.79. The van der Waals surface area contributed by atoms with Crippen LogP contribution >= 0.6 is 0 Å². The van der Waals surface area contributed by atoms with Crippen molar-refractivity contribution in [2.45, 2.75) is 25.3 Å². The lowest BCUT2D eigenvalue weighted by Gasteiger charge is -2.28. The van der Waals surface area contributed by atoms with Gasteiger partial charge in [-0.2, -0.15) is 4.91 Å². The molecule has 9 nitrogen and oxygen atoms in total. The van der Waals surface area contributed by atoms with Crippen molar-refractivity contribution < 1.29 is 24.4 Å². The largest absolute Gasteiger partial charge is 0.547 e. The van der Waals surface area contributed by atoms with Crippen molar-refractivity contribution >= 4 is 19.0 Å². The fourth-order valence-corrected chi connectivity index (χ4v) is 3.29. The Labute approximate surface area is 173 Å². The number of hydrogen-bond acceptors (Lipinski definition) is 7. The molecule has 0 radical (unpaired) electrons. The van der Waals surface area contributed by atoms with Gasteiger partial charge in [-0.15, -0.1) is 0 Å². The van der Waals surface area contributed by atoms with Crippen LogP contribution in [0.25, 0.3) is 0 Å². The number of carbonyl (C=O) groups is 2. The van der Waals surface area contributed by atoms with E-state index < -0.39 is 19.0 Å². The van der Waals surface area contributed by atoms with Crippen LogP contribution in [0.3, 0.4) is 0 Å². The van der Waals surface area contributed by atoms with Crippen molar-refractivity contribution in [2.24, 2.45) is 5.18 Å². The highest BCUT2D eigenvalue weighted by Crippen LogP contribution is 2.30. The molecular formula is C20H22BN3O6. The maximum atomic E-state index is 12.4. The summed E-state index contributed by atoms with van der Waals surface area (Å²) in [5.74, 6) is -1.95. The summed E-state index contributed by atoms with van der Waals surface area (Å²) in [5.41, 5.74) is 2.43. The van der Waals surface area contributed by atoms with Gasteiger partial charge in [0.15, 0.2) is 0 Å². The summed E-state index contributed by atoms with van der Waals surface area (Å²) in [6.45, 7) is 1.33. The summed E-state index contributed by atoms with van der Waals surface area (Å²) >= 11 is 0. The number of nitrogens with zero attached hydrogens (tertiary/aromatic N) is 1. The highest BCUT2D eigenvalue weighted by molar-refractivity contribution is 6.47. The summed E-state index contributed by atoms with van der Waals surface area (Å²) in [4.78, 5) is 33.8. The van der Waals surface area contributed by atoms with E-state index in [1.807, 2.05) is 24.3 Å². The van der Waals surface area contributed by atoms with Gasteiger partial charge in [-0.1, -0.05) is 41.6 Å². The number of rotatable bonds is 9. The molecular weight excluding hydrogens is 389 g/mol. The minimum Gasteiger partial charge on any atom is -0.534 e. The number of aromatic carboxylic acids is 1. The summed E-state index contributed by atoms with van der Waals surface area (Å²) in [5, 5.41) is 28.1. The molecule has 1 atom stereocenters. The second kappa shape index (κ2) is 9.99. The molecule has 0 aromatic heterocycles. The van der Waals surface area contributed by atoms with Crippen LogP contribution in [0.5, 0.6) is 5.75 Å². The van der Waals surface area contributed by atoms with Crippen LogP contribution in [0.15, 0.2) is 47.6 Å². The van der Waals surface area contributed by atoms with E-state index in [-0.39, 0.29) is 36.6 Å². The molecule has 1 heterocycles. The third kappa shape index (κ3) is 5.43. The van der Waals surface area contributed by atoms with Crippen LogP contribution < -0.4 is 15.3 Å². The minimum atomic E-state index is -1.34. The van der Waals surface area contributed by atoms with Gasteiger partial charge in [0, 0.05) is 13.1 Å². The highest BCUT2D eigenvalue weighted by Gasteiger charge is 2.37. The molecule has 0 fully saturated rings. The van der Waals surface area contributed by atoms with E-state index >= 15 is 0 Å². The molecule has 2 aromatic carbocycles. The van der Waals surface area contributed by atoms with Crippen LogP contribution in [-0.4, -0.2) is 48.2 Å². The van der Waals surface area contributed by atoms with Crippen molar-refractivity contribution in [1.82, 2.24) is 10.6 Å². The molecule has 0 aliphatic carbocycles.